The third kappa shape index (κ3) is 14.5. The minimum Gasteiger partial charge on any atom is -0.459 e. The Labute approximate surface area is 450 Å². The average molecular weight is 1130 g/mol. The molecule has 0 bridgehead atoms. The van der Waals surface area contributed by atoms with Gasteiger partial charge in [-0.1, -0.05) is 38.1 Å². The molecule has 77 heavy (non-hydrogen) atoms. The number of carbonyl (C=O) groups is 1. The fraction of sp³-hybridized carbons (Fsp3) is 0.827. The summed E-state index contributed by atoms with van der Waals surface area (Å²) in [7, 11) is 0.693. The van der Waals surface area contributed by atoms with E-state index in [9.17, 15) is 56.3 Å². The third-order valence-electron chi connectivity index (χ3n) is 16.3. The first-order valence-electron chi connectivity index (χ1n) is 26.4. The molecule has 3 fully saturated rings. The van der Waals surface area contributed by atoms with E-state index in [1.807, 2.05) is 23.6 Å². The van der Waals surface area contributed by atoms with Crippen molar-refractivity contribution in [2.45, 2.75) is 214 Å². The van der Waals surface area contributed by atoms with E-state index in [-0.39, 0.29) is 43.7 Å². The minimum absolute atomic E-state index is 0.0410. The highest BCUT2D eigenvalue weighted by atomic mass is 32.2. The first-order valence-corrected chi connectivity index (χ1v) is 27.8. The monoisotopic (exact) mass is 1130 g/mol. The molecule has 3 aliphatic heterocycles. The second-order valence-corrected chi connectivity index (χ2v) is 24.5. The number of hydrogen-bond donors (Lipinski definition) is 5. The number of halogens is 4. The number of sulfone groups is 1. The molecule has 0 aliphatic carbocycles. The Bertz CT molecular complexity index is 2320. The number of methoxy groups -OCH3 is 2. The van der Waals surface area contributed by atoms with Crippen LogP contribution in [0.4, 0.5) is 17.6 Å². The molecule has 0 saturated carbocycles. The number of carbonyl (C=O) groups excluding carboxylic acids is 1. The second kappa shape index (κ2) is 25.8. The van der Waals surface area contributed by atoms with Crippen LogP contribution in [0.3, 0.4) is 0 Å². The number of esters is 1. The van der Waals surface area contributed by atoms with Crippen molar-refractivity contribution in [3.63, 3.8) is 0 Å². The molecule has 0 spiro atoms. The maximum absolute atomic E-state index is 14.8. The van der Waals surface area contributed by atoms with Crippen molar-refractivity contribution in [2.24, 2.45) is 17.8 Å². The van der Waals surface area contributed by atoms with Crippen molar-refractivity contribution in [3.8, 4) is 0 Å². The Balaban J connectivity index is 1.43. The maximum atomic E-state index is 14.8. The summed E-state index contributed by atoms with van der Waals surface area (Å²) in [4.78, 5) is 17.3. The molecule has 0 amide bonds. The molecule has 3 saturated heterocycles. The predicted octanol–water partition coefficient (Wildman–Crippen LogP) is 4.30. The fourth-order valence-corrected chi connectivity index (χ4v) is 12.2. The van der Waals surface area contributed by atoms with E-state index in [1.54, 1.807) is 62.6 Å². The van der Waals surface area contributed by atoms with Crippen LogP contribution >= 0.6 is 0 Å². The summed E-state index contributed by atoms with van der Waals surface area (Å²) >= 11 is 0. The highest BCUT2D eigenvalue weighted by Gasteiger charge is 2.53. The van der Waals surface area contributed by atoms with Crippen LogP contribution in [0.5, 0.6) is 0 Å². The lowest BCUT2D eigenvalue weighted by molar-refractivity contribution is -0.318. The summed E-state index contributed by atoms with van der Waals surface area (Å²) < 4.78 is 123. The van der Waals surface area contributed by atoms with E-state index < -0.39 is 147 Å². The Morgan fingerprint density at radius 1 is 0.961 bits per heavy atom. The van der Waals surface area contributed by atoms with Crippen LogP contribution < -0.4 is 0 Å². The lowest BCUT2D eigenvalue weighted by atomic mass is 9.77. The zero-order valence-electron chi connectivity index (χ0n) is 46.8. The molecule has 25 heteroatoms. The first-order chi connectivity index (χ1) is 35.7. The van der Waals surface area contributed by atoms with Crippen LogP contribution in [0.2, 0.25) is 0 Å². The molecule has 0 unspecified atom stereocenters. The number of rotatable bonds is 16. The molecule has 20 nitrogen and oxygen atoms in total. The van der Waals surface area contributed by atoms with Crippen molar-refractivity contribution in [3.05, 3.63) is 41.7 Å². The molecule has 1 aromatic carbocycles. The Morgan fingerprint density at radius 2 is 1.60 bits per heavy atom. The van der Waals surface area contributed by atoms with Gasteiger partial charge in [0.2, 0.25) is 0 Å². The minimum atomic E-state index is -5.61. The van der Waals surface area contributed by atoms with Gasteiger partial charge in [-0.2, -0.15) is 13.2 Å². The summed E-state index contributed by atoms with van der Waals surface area (Å²) in [6.45, 7) is 16.6. The Hall–Kier alpha value is -3.02. The van der Waals surface area contributed by atoms with E-state index in [1.165, 1.54) is 32.0 Å². The number of alkyl halides is 4. The van der Waals surface area contributed by atoms with Gasteiger partial charge in [0.15, 0.2) is 12.6 Å². The molecule has 20 atom stereocenters. The van der Waals surface area contributed by atoms with Gasteiger partial charge >= 0.3 is 11.5 Å². The molecule has 4 heterocycles. The summed E-state index contributed by atoms with van der Waals surface area (Å²) in [5.41, 5.74) is -9.63. The number of cyclic esters (lactones) is 1. The smallest absolute Gasteiger partial charge is 0.459 e. The fourth-order valence-electron chi connectivity index (χ4n) is 11.5. The number of aromatic nitrogens is 3. The first kappa shape index (κ1) is 64.8. The van der Waals surface area contributed by atoms with Gasteiger partial charge in [0, 0.05) is 64.3 Å². The van der Waals surface area contributed by atoms with Crippen molar-refractivity contribution >= 4 is 15.8 Å². The second-order valence-electron chi connectivity index (χ2n) is 22.5. The van der Waals surface area contributed by atoms with Crippen molar-refractivity contribution in [1.29, 1.82) is 0 Å². The lowest BCUT2D eigenvalue weighted by Crippen LogP contribution is -2.61. The van der Waals surface area contributed by atoms with Gasteiger partial charge in [-0.05, 0) is 105 Å². The third-order valence-corrected chi connectivity index (χ3v) is 17.8. The number of benzene rings is 1. The number of aliphatic hydroxyl groups is 5. The average Bonchev–Trinajstić information content (AvgIpc) is 3.84. The van der Waals surface area contributed by atoms with Gasteiger partial charge in [0.1, 0.15) is 48.8 Å². The van der Waals surface area contributed by atoms with Crippen LogP contribution in [0, 0.1) is 17.8 Å². The van der Waals surface area contributed by atoms with Gasteiger partial charge in [0.25, 0.3) is 9.84 Å². The van der Waals surface area contributed by atoms with Gasteiger partial charge in [-0.3, -0.25) is 4.79 Å². The van der Waals surface area contributed by atoms with E-state index in [0.29, 0.717) is 18.7 Å². The van der Waals surface area contributed by atoms with Crippen LogP contribution in [-0.2, 0) is 54.2 Å². The zero-order chi connectivity index (χ0) is 57.9. The molecule has 0 radical (unpaired) electrons. The van der Waals surface area contributed by atoms with Gasteiger partial charge in [0.05, 0.1) is 52.1 Å². The molecule has 1 aromatic heterocycles. The SMILES string of the molecule is CC[C@H]1OC(=O)[C@H](C)[C@@H](O[C@H]2C[C@@](C)(OC)[C@@H](O)[C@H](C)O2)[C@H](C)[C@@H](O[C@@H]2O[C@H](C)C[C@H](N(C)CCc3cn([C@@H](CF)[C@H](OC)c4ccc(S(=O)(=O)C(F)(F)F)cc4)nn3)[C@H]2O)[C@](C)(O)C[C@@H](C)CN(C)[C@H](C)[C@@H](O)[C@]1(C)O. The normalized spacial score (nSPS) is 38.6. The lowest BCUT2D eigenvalue weighted by Gasteiger charge is -2.49. The van der Waals surface area contributed by atoms with Crippen LogP contribution in [0.1, 0.15) is 118 Å². The number of ether oxygens (including phenoxy) is 7. The largest absolute Gasteiger partial charge is 0.501 e. The number of nitrogens with zero attached hydrogens (tertiary/aromatic N) is 5. The highest BCUT2D eigenvalue weighted by molar-refractivity contribution is 7.92. The number of likely N-dealkylation sites (N-methyl/N-ethyl adjacent to an activating group) is 2. The number of hydrogen-bond acceptors (Lipinski definition) is 19. The summed E-state index contributed by atoms with van der Waals surface area (Å²) in [5, 5.41) is 68.1. The van der Waals surface area contributed by atoms with Gasteiger partial charge < -0.3 is 68.5 Å². The topological polar surface area (TPSA) is 254 Å². The summed E-state index contributed by atoms with van der Waals surface area (Å²) in [5.74, 6) is -3.09. The van der Waals surface area contributed by atoms with Gasteiger partial charge in [-0.15, -0.1) is 5.10 Å². The zero-order valence-corrected chi connectivity index (χ0v) is 47.6. The van der Waals surface area contributed by atoms with Gasteiger partial charge in [-0.25, -0.2) is 17.5 Å². The molecule has 2 aromatic rings. The Morgan fingerprint density at radius 3 is 2.17 bits per heavy atom. The van der Waals surface area contributed by atoms with Crippen molar-refractivity contribution in [2.75, 3.05) is 48.1 Å². The summed E-state index contributed by atoms with van der Waals surface area (Å²) in [6, 6.07) is 1.42. The Kier molecular flexibility index (Phi) is 21.7. The maximum Gasteiger partial charge on any atom is 0.501 e. The molecule has 442 valence electrons. The van der Waals surface area contributed by atoms with E-state index in [0.717, 1.165) is 24.3 Å². The molecule has 5 N–H and O–H groups in total. The summed E-state index contributed by atoms with van der Waals surface area (Å²) in [6.07, 6.45) is -9.64. The van der Waals surface area contributed by atoms with Crippen molar-refractivity contribution in [1.82, 2.24) is 24.8 Å². The van der Waals surface area contributed by atoms with Crippen LogP contribution in [0.25, 0.3) is 0 Å². The van der Waals surface area contributed by atoms with Crippen molar-refractivity contribution < 1.29 is 89.5 Å². The molecular weight excluding hydrogens is 1040 g/mol. The molecule has 5 rings (SSSR count). The molecule has 3 aliphatic rings. The quantitative estimate of drug-likeness (QED) is 0.116. The van der Waals surface area contributed by atoms with E-state index >= 15 is 0 Å². The standard InChI is InChI=1S/C52H85F4N5O15S/c1-15-39-51(10,67)44(63)32(6)60(12)26-28(2)23-49(8,66)46(30(4)42(31(5)47(65)74-39)75-40-24-50(9,71-14)45(64)33(7)73-40)76-48-41(62)37(22-29(3)72-48)59(11)21-20-35-27-61(58-57-35)38(25-53)43(70-13)34-16-18-36(19-17-34)77(68,69)52(54,55)56/h16-19,27-33,37-46,48,62-64,66-67H,15,20-26H2,1-14H3/t28-,29-,30+,31-,32-,33+,37+,38+,39-,40+,41-,42+,43-,44-,45+,46-,48+,49-,50-,51-/m1/s1. The highest BCUT2D eigenvalue weighted by Crippen LogP contribution is 2.41. The predicted molar refractivity (Wildman–Crippen MR) is 271 cm³/mol. The van der Waals surface area contributed by atoms with Crippen LogP contribution in [0.15, 0.2) is 35.4 Å². The molecular formula is C52H85F4N5O15S. The van der Waals surface area contributed by atoms with E-state index in [2.05, 4.69) is 10.3 Å². The van der Waals surface area contributed by atoms with E-state index in [4.69, 9.17) is 33.2 Å². The number of aliphatic hydroxyl groups excluding tert-OH is 3. The van der Waals surface area contributed by atoms with Crippen LogP contribution in [-0.4, -0.2) is 209 Å².